The van der Waals surface area contributed by atoms with Crippen LogP contribution in [0.4, 0.5) is 0 Å². The molecule has 0 rings (SSSR count). The highest BCUT2D eigenvalue weighted by Gasteiger charge is 2.29. The minimum Gasteiger partial charge on any atom is -0.463 e. The Morgan fingerprint density at radius 3 is 0.989 bits per heavy atom. The Kier molecular flexibility index (Phi) is 62.6. The van der Waals surface area contributed by atoms with Crippen molar-refractivity contribution in [3.8, 4) is 0 Å². The first-order chi connectivity index (χ1) is 44.2. The maximum absolute atomic E-state index is 12.9. The maximum Gasteiger partial charge on any atom is 0.472 e. The van der Waals surface area contributed by atoms with Crippen molar-refractivity contribution in [1.29, 1.82) is 0 Å². The molecule has 0 aliphatic heterocycles. The molecule has 5 atom stereocenters. The van der Waals surface area contributed by atoms with E-state index in [1.807, 2.05) is 0 Å². The molecule has 0 aliphatic carbocycles. The van der Waals surface area contributed by atoms with Crippen molar-refractivity contribution in [3.63, 3.8) is 0 Å². The van der Waals surface area contributed by atoms with Crippen LogP contribution < -0.4 is 0 Å². The fourth-order valence-corrected chi connectivity index (χ4v) is 10.1. The number of unbranched alkanes of at least 4 members (excludes halogenated alkanes) is 19. The van der Waals surface area contributed by atoms with Gasteiger partial charge in [0.25, 0.3) is 0 Å². The van der Waals surface area contributed by atoms with Gasteiger partial charge < -0.3 is 34.2 Å². The molecule has 0 radical (unpaired) electrons. The third-order valence-corrected chi connectivity index (χ3v) is 15.7. The van der Waals surface area contributed by atoms with Gasteiger partial charge in [-0.25, -0.2) is 9.13 Å². The van der Waals surface area contributed by atoms with Crippen LogP contribution in [0.1, 0.15) is 252 Å². The lowest BCUT2D eigenvalue weighted by molar-refractivity contribution is -0.161. The molecule has 0 aromatic rings. The Morgan fingerprint density at radius 1 is 0.319 bits per heavy atom. The SMILES string of the molecule is CC/C=C\C/C=C\C/C=C\C/C=C\C/C=C\C/C=C\CCCCC(=O)OCC(COP(=O)(O)OCC(O)COP(=O)(O)OCC(O)COC(=O)CCCCCCCCC/C=C\C/C=C\C/C=C\C/C=C\CCCCC)OC(=O)CCCCCCC/C=C\CCCC. The lowest BCUT2D eigenvalue weighted by Gasteiger charge is -2.21. The zero-order chi connectivity index (χ0) is 66.7. The second kappa shape index (κ2) is 65.7. The zero-order valence-electron chi connectivity index (χ0n) is 56.2. The highest BCUT2D eigenvalue weighted by Crippen LogP contribution is 2.45. The van der Waals surface area contributed by atoms with Gasteiger partial charge in [0.15, 0.2) is 6.10 Å². The summed E-state index contributed by atoms with van der Waals surface area (Å²) in [6.07, 6.45) is 76.6. The lowest BCUT2D eigenvalue weighted by Crippen LogP contribution is -2.30. The Balaban J connectivity index is 4.63. The molecule has 0 amide bonds. The summed E-state index contributed by atoms with van der Waals surface area (Å²) in [5.41, 5.74) is 0. The summed E-state index contributed by atoms with van der Waals surface area (Å²) in [5.74, 6) is -1.66. The van der Waals surface area contributed by atoms with E-state index >= 15 is 0 Å². The van der Waals surface area contributed by atoms with E-state index in [9.17, 15) is 43.5 Å². The molecule has 0 heterocycles. The van der Waals surface area contributed by atoms with Crippen molar-refractivity contribution in [1.82, 2.24) is 0 Å². The summed E-state index contributed by atoms with van der Waals surface area (Å²) in [7, 11) is -9.80. The first kappa shape index (κ1) is 86.7. The predicted octanol–water partition coefficient (Wildman–Crippen LogP) is 19.2. The monoisotopic (exact) mass is 1320 g/mol. The van der Waals surface area contributed by atoms with Crippen molar-refractivity contribution in [2.24, 2.45) is 0 Å². The van der Waals surface area contributed by atoms with Gasteiger partial charge in [0.1, 0.15) is 25.4 Å². The summed E-state index contributed by atoms with van der Waals surface area (Å²) < 4.78 is 60.8. The Hall–Kier alpha value is -4.31. The first-order valence-electron chi connectivity index (χ1n) is 34.5. The predicted molar refractivity (Wildman–Crippen MR) is 371 cm³/mol. The van der Waals surface area contributed by atoms with Crippen LogP contribution >= 0.6 is 15.6 Å². The number of aliphatic hydroxyl groups excluding tert-OH is 2. The van der Waals surface area contributed by atoms with Crippen LogP contribution in [0.5, 0.6) is 0 Å². The number of hydrogen-bond acceptors (Lipinski definition) is 14. The van der Waals surface area contributed by atoms with E-state index in [0.717, 1.165) is 154 Å². The van der Waals surface area contributed by atoms with Crippen LogP contribution in [0.25, 0.3) is 0 Å². The number of phosphoric ester groups is 2. The number of hydrogen-bond donors (Lipinski definition) is 4. The number of esters is 3. The fraction of sp³-hybridized carbons (Fsp3) is 0.658. The Morgan fingerprint density at radius 2 is 0.593 bits per heavy atom. The molecule has 520 valence electrons. The summed E-state index contributed by atoms with van der Waals surface area (Å²) in [4.78, 5) is 58.3. The molecular weight excluding hydrogens is 1190 g/mol. The van der Waals surface area contributed by atoms with Crippen molar-refractivity contribution in [2.75, 3.05) is 39.6 Å². The van der Waals surface area contributed by atoms with Crippen LogP contribution in [0.3, 0.4) is 0 Å². The van der Waals surface area contributed by atoms with Gasteiger partial charge in [-0.3, -0.25) is 32.5 Å². The van der Waals surface area contributed by atoms with Crippen molar-refractivity contribution in [2.45, 2.75) is 270 Å². The van der Waals surface area contributed by atoms with Crippen LogP contribution in [-0.2, 0) is 55.8 Å². The molecule has 0 saturated carbocycles. The maximum atomic E-state index is 12.9. The number of phosphoric acid groups is 2. The topological polar surface area (TPSA) is 231 Å². The van der Waals surface area contributed by atoms with E-state index < -0.39 is 91.5 Å². The second-order valence-corrected chi connectivity index (χ2v) is 25.5. The Labute approximate surface area is 550 Å². The number of rotatable bonds is 64. The number of carbonyl (C=O) groups excluding carboxylic acids is 3. The number of allylic oxidation sites excluding steroid dienone is 22. The van der Waals surface area contributed by atoms with E-state index in [2.05, 4.69) is 154 Å². The Bertz CT molecular complexity index is 2190. The van der Waals surface area contributed by atoms with E-state index in [1.165, 1.54) is 38.5 Å². The first-order valence-corrected chi connectivity index (χ1v) is 37.5. The third kappa shape index (κ3) is 66.9. The van der Waals surface area contributed by atoms with Crippen LogP contribution in [0.15, 0.2) is 134 Å². The number of carbonyl (C=O) groups is 3. The summed E-state index contributed by atoms with van der Waals surface area (Å²) in [5, 5.41) is 20.5. The molecule has 0 saturated heterocycles. The van der Waals surface area contributed by atoms with Crippen molar-refractivity contribution < 1.29 is 75.8 Å². The molecule has 0 aromatic carbocycles. The molecule has 0 bridgehead atoms. The lowest BCUT2D eigenvalue weighted by atomic mass is 10.1. The second-order valence-electron chi connectivity index (χ2n) is 22.6. The van der Waals surface area contributed by atoms with E-state index in [-0.39, 0.29) is 19.3 Å². The average Bonchev–Trinajstić information content (AvgIpc) is 3.66. The van der Waals surface area contributed by atoms with Crippen molar-refractivity contribution in [3.05, 3.63) is 134 Å². The van der Waals surface area contributed by atoms with Crippen LogP contribution in [0.2, 0.25) is 0 Å². The molecule has 18 heteroatoms. The van der Waals surface area contributed by atoms with Crippen LogP contribution in [-0.4, -0.2) is 95.9 Å². The number of aliphatic hydroxyl groups is 2. The summed E-state index contributed by atoms with van der Waals surface area (Å²) in [6.45, 7) is 2.39. The summed E-state index contributed by atoms with van der Waals surface area (Å²) >= 11 is 0. The number of ether oxygens (including phenoxy) is 3. The molecule has 0 fully saturated rings. The molecule has 0 aromatic heterocycles. The van der Waals surface area contributed by atoms with E-state index in [1.54, 1.807) is 0 Å². The van der Waals surface area contributed by atoms with Gasteiger partial charge in [-0.2, -0.15) is 0 Å². The van der Waals surface area contributed by atoms with Gasteiger partial charge in [-0.1, -0.05) is 231 Å². The minimum absolute atomic E-state index is 0.0798. The quantitative estimate of drug-likeness (QED) is 0.0146. The van der Waals surface area contributed by atoms with E-state index in [4.69, 9.17) is 32.3 Å². The molecule has 5 unspecified atom stereocenters. The van der Waals surface area contributed by atoms with Gasteiger partial charge in [0, 0.05) is 19.3 Å². The highest BCUT2D eigenvalue weighted by atomic mass is 31.2. The average molecular weight is 1320 g/mol. The molecular formula is C73H122O16P2. The minimum atomic E-state index is -4.94. The van der Waals surface area contributed by atoms with Gasteiger partial charge in [-0.15, -0.1) is 0 Å². The van der Waals surface area contributed by atoms with Gasteiger partial charge >= 0.3 is 33.6 Å². The van der Waals surface area contributed by atoms with Gasteiger partial charge in [0.2, 0.25) is 0 Å². The smallest absolute Gasteiger partial charge is 0.463 e. The van der Waals surface area contributed by atoms with Gasteiger partial charge in [-0.05, 0) is 135 Å². The highest BCUT2D eigenvalue weighted by molar-refractivity contribution is 7.47. The summed E-state index contributed by atoms with van der Waals surface area (Å²) in [6, 6.07) is 0. The molecule has 16 nitrogen and oxygen atoms in total. The van der Waals surface area contributed by atoms with E-state index in [0.29, 0.717) is 19.3 Å². The molecule has 4 N–H and O–H groups in total. The standard InChI is InChI=1S/C73H122O16P2/c1-4-7-10-13-16-19-22-24-26-28-30-32-33-35-37-38-40-42-45-47-50-53-56-59-71(76)83-62-68(74)63-85-90(79,80)86-64-69(75)65-87-91(81,82)88-67-70(89-73(78)61-58-55-52-49-44-21-18-15-12-9-6-3)66-84-72(77)60-57-54-51-48-46-43-41-39-36-34-31-29-27-25-23-20-17-14-11-8-5-2/h8,11,15-20,24-27,30-32,34-35,37,39,41,46,48,68-70,74-75H,4-7,9-10,12-14,21-23,28-29,33,36,38,40,42-45,47,49-67H2,1-3H3,(H,79,80)(H,81,82)/b11-8-,18-15-,19-16-,20-17-,26-24-,27-25-,32-30-,34-31-,37-35-,41-39-,48-46-. The van der Waals surface area contributed by atoms with Crippen LogP contribution in [0, 0.1) is 0 Å². The fourth-order valence-electron chi connectivity index (χ4n) is 8.54. The zero-order valence-corrected chi connectivity index (χ0v) is 58.0. The molecule has 91 heavy (non-hydrogen) atoms. The van der Waals surface area contributed by atoms with Gasteiger partial charge in [0.05, 0.1) is 26.4 Å². The molecule has 0 spiro atoms. The normalized spacial score (nSPS) is 15.0. The van der Waals surface area contributed by atoms with Crippen molar-refractivity contribution >= 4 is 33.6 Å². The molecule has 0 aliphatic rings. The third-order valence-electron chi connectivity index (χ3n) is 13.8. The largest absolute Gasteiger partial charge is 0.472 e.